The van der Waals surface area contributed by atoms with E-state index in [1.807, 2.05) is 6.92 Å². The molecule has 2 amide bonds. The van der Waals surface area contributed by atoms with Crippen LogP contribution in [0, 0.1) is 6.92 Å². The van der Waals surface area contributed by atoms with Gasteiger partial charge in [0, 0.05) is 24.4 Å². The molecule has 0 aliphatic heterocycles. The summed E-state index contributed by atoms with van der Waals surface area (Å²) in [6.07, 6.45) is 0. The molecule has 5 heteroatoms. The molecule has 1 heterocycles. The quantitative estimate of drug-likeness (QED) is 0.831. The number of carbonyl (C=O) groups is 2. The average molecular weight is 226 g/mol. The van der Waals surface area contributed by atoms with E-state index in [1.54, 1.807) is 25.5 Å². The third kappa shape index (κ3) is 3.36. The van der Waals surface area contributed by atoms with Gasteiger partial charge in [0.05, 0.1) is 12.1 Å². The first-order chi connectivity index (χ1) is 7.00. The lowest BCUT2D eigenvalue weighted by atomic mass is 10.3. The van der Waals surface area contributed by atoms with Gasteiger partial charge in [0.25, 0.3) is 5.91 Å². The van der Waals surface area contributed by atoms with Gasteiger partial charge in [0.1, 0.15) is 0 Å². The summed E-state index contributed by atoms with van der Waals surface area (Å²) >= 11 is 1.52. The number of hydrogen-bond acceptors (Lipinski definition) is 3. The minimum atomic E-state index is -0.199. The Morgan fingerprint density at radius 2 is 2.13 bits per heavy atom. The molecule has 1 rings (SSSR count). The summed E-state index contributed by atoms with van der Waals surface area (Å²) in [4.78, 5) is 25.2. The molecule has 1 aromatic rings. The normalized spacial score (nSPS) is 9.80. The van der Waals surface area contributed by atoms with Crippen molar-refractivity contribution in [3.63, 3.8) is 0 Å². The van der Waals surface area contributed by atoms with Crippen molar-refractivity contribution in [2.24, 2.45) is 0 Å². The van der Waals surface area contributed by atoms with Crippen LogP contribution in [0.25, 0.3) is 0 Å². The molecule has 0 saturated heterocycles. The van der Waals surface area contributed by atoms with Crippen molar-refractivity contribution in [1.29, 1.82) is 0 Å². The number of nitrogens with zero attached hydrogens (tertiary/aromatic N) is 1. The maximum atomic E-state index is 11.5. The minimum absolute atomic E-state index is 0.0424. The molecule has 82 valence electrons. The second kappa shape index (κ2) is 4.93. The Morgan fingerprint density at radius 3 is 2.60 bits per heavy atom. The Morgan fingerprint density at radius 1 is 1.47 bits per heavy atom. The van der Waals surface area contributed by atoms with Gasteiger partial charge in [-0.15, -0.1) is 11.3 Å². The zero-order chi connectivity index (χ0) is 11.4. The highest BCUT2D eigenvalue weighted by Crippen LogP contribution is 2.12. The number of amides is 2. The van der Waals surface area contributed by atoms with Crippen molar-refractivity contribution >= 4 is 23.2 Å². The van der Waals surface area contributed by atoms with Gasteiger partial charge in [0.15, 0.2) is 0 Å². The van der Waals surface area contributed by atoms with Gasteiger partial charge in [-0.1, -0.05) is 0 Å². The maximum Gasteiger partial charge on any atom is 0.252 e. The van der Waals surface area contributed by atoms with Crippen LogP contribution in [-0.4, -0.2) is 37.4 Å². The van der Waals surface area contributed by atoms with E-state index in [-0.39, 0.29) is 18.4 Å². The Balaban J connectivity index is 2.47. The zero-order valence-electron chi connectivity index (χ0n) is 9.03. The van der Waals surface area contributed by atoms with E-state index in [0.717, 1.165) is 4.88 Å². The van der Waals surface area contributed by atoms with E-state index in [4.69, 9.17) is 0 Å². The van der Waals surface area contributed by atoms with Crippen LogP contribution in [0.2, 0.25) is 0 Å². The molecule has 4 nitrogen and oxygen atoms in total. The lowest BCUT2D eigenvalue weighted by Gasteiger charge is -2.10. The Kier molecular flexibility index (Phi) is 3.85. The molecule has 1 aromatic heterocycles. The Bertz CT molecular complexity index is 371. The summed E-state index contributed by atoms with van der Waals surface area (Å²) in [5.74, 6) is -0.315. The molecular formula is C10H14N2O2S. The van der Waals surface area contributed by atoms with Crippen LogP contribution in [0.15, 0.2) is 11.4 Å². The monoisotopic (exact) mass is 226 g/mol. The Hall–Kier alpha value is -1.36. The fraction of sp³-hybridized carbons (Fsp3) is 0.400. The predicted octanol–water partition coefficient (Wildman–Crippen LogP) is 0.875. The van der Waals surface area contributed by atoms with Crippen molar-refractivity contribution in [2.75, 3.05) is 20.6 Å². The highest BCUT2D eigenvalue weighted by molar-refractivity contribution is 7.10. The van der Waals surface area contributed by atoms with E-state index in [0.29, 0.717) is 5.56 Å². The predicted molar refractivity (Wildman–Crippen MR) is 60.1 cm³/mol. The topological polar surface area (TPSA) is 49.4 Å². The number of thiophene rings is 1. The summed E-state index contributed by atoms with van der Waals surface area (Å²) in [6, 6.07) is 1.81. The first-order valence-corrected chi connectivity index (χ1v) is 5.42. The zero-order valence-corrected chi connectivity index (χ0v) is 9.85. The summed E-state index contributed by atoms with van der Waals surface area (Å²) < 4.78 is 0. The fourth-order valence-corrected chi connectivity index (χ4v) is 1.66. The van der Waals surface area contributed by atoms with Crippen molar-refractivity contribution in [3.05, 3.63) is 21.9 Å². The van der Waals surface area contributed by atoms with Crippen molar-refractivity contribution in [1.82, 2.24) is 10.2 Å². The molecule has 1 N–H and O–H groups in total. The number of rotatable bonds is 3. The highest BCUT2D eigenvalue weighted by Gasteiger charge is 2.09. The molecular weight excluding hydrogens is 212 g/mol. The molecule has 0 aliphatic carbocycles. The number of nitrogens with one attached hydrogen (secondary N) is 1. The molecule has 0 saturated carbocycles. The van der Waals surface area contributed by atoms with E-state index in [1.165, 1.54) is 16.2 Å². The van der Waals surface area contributed by atoms with E-state index in [2.05, 4.69) is 5.32 Å². The Labute approximate surface area is 92.9 Å². The van der Waals surface area contributed by atoms with Gasteiger partial charge in [-0.05, 0) is 13.0 Å². The second-order valence-electron chi connectivity index (χ2n) is 3.42. The van der Waals surface area contributed by atoms with E-state index in [9.17, 15) is 9.59 Å². The first kappa shape index (κ1) is 11.7. The smallest absolute Gasteiger partial charge is 0.252 e. The van der Waals surface area contributed by atoms with Crippen LogP contribution in [0.4, 0.5) is 0 Å². The third-order valence-electron chi connectivity index (χ3n) is 1.89. The summed E-state index contributed by atoms with van der Waals surface area (Å²) in [7, 11) is 3.31. The number of aryl methyl sites for hydroxylation is 1. The van der Waals surface area contributed by atoms with Gasteiger partial charge in [-0.25, -0.2) is 0 Å². The molecule has 0 bridgehead atoms. The molecule has 0 fully saturated rings. The molecule has 15 heavy (non-hydrogen) atoms. The SMILES string of the molecule is Cc1cc(C(=O)NCC(=O)N(C)C)cs1. The number of carbonyl (C=O) groups excluding carboxylic acids is 2. The lowest BCUT2D eigenvalue weighted by Crippen LogP contribution is -2.36. The van der Waals surface area contributed by atoms with E-state index >= 15 is 0 Å². The third-order valence-corrected chi connectivity index (χ3v) is 2.75. The average Bonchev–Trinajstić information content (AvgIpc) is 2.60. The summed E-state index contributed by atoms with van der Waals surface area (Å²) in [5.41, 5.74) is 0.615. The van der Waals surface area contributed by atoms with Gasteiger partial charge in [-0.2, -0.15) is 0 Å². The molecule has 0 spiro atoms. The highest BCUT2D eigenvalue weighted by atomic mass is 32.1. The van der Waals surface area contributed by atoms with Gasteiger partial charge in [-0.3, -0.25) is 9.59 Å². The molecule has 0 unspecified atom stereocenters. The molecule has 0 radical (unpaired) electrons. The van der Waals surface area contributed by atoms with Gasteiger partial charge >= 0.3 is 0 Å². The standard InChI is InChI=1S/C10H14N2O2S/c1-7-4-8(6-15-7)10(14)11-5-9(13)12(2)3/h4,6H,5H2,1-3H3,(H,11,14). The van der Waals surface area contributed by atoms with Crippen LogP contribution >= 0.6 is 11.3 Å². The van der Waals surface area contributed by atoms with Crippen molar-refractivity contribution in [2.45, 2.75) is 6.92 Å². The van der Waals surface area contributed by atoms with Crippen LogP contribution in [0.1, 0.15) is 15.2 Å². The van der Waals surface area contributed by atoms with Crippen LogP contribution in [0.3, 0.4) is 0 Å². The molecule has 0 aliphatic rings. The molecule has 0 atom stereocenters. The number of hydrogen-bond donors (Lipinski definition) is 1. The lowest BCUT2D eigenvalue weighted by molar-refractivity contribution is -0.127. The van der Waals surface area contributed by atoms with Crippen molar-refractivity contribution < 1.29 is 9.59 Å². The van der Waals surface area contributed by atoms with Crippen molar-refractivity contribution in [3.8, 4) is 0 Å². The number of likely N-dealkylation sites (N-methyl/N-ethyl adjacent to an activating group) is 1. The largest absolute Gasteiger partial charge is 0.347 e. The van der Waals surface area contributed by atoms with Gasteiger partial charge < -0.3 is 10.2 Å². The fourth-order valence-electron chi connectivity index (χ4n) is 0.979. The van der Waals surface area contributed by atoms with Crippen LogP contribution in [-0.2, 0) is 4.79 Å². The first-order valence-electron chi connectivity index (χ1n) is 4.54. The van der Waals surface area contributed by atoms with Gasteiger partial charge in [0.2, 0.25) is 5.91 Å². The van der Waals surface area contributed by atoms with Crippen LogP contribution in [0.5, 0.6) is 0 Å². The second-order valence-corrected chi connectivity index (χ2v) is 4.53. The molecule has 0 aromatic carbocycles. The summed E-state index contributed by atoms with van der Waals surface area (Å²) in [5, 5.41) is 4.35. The summed E-state index contributed by atoms with van der Waals surface area (Å²) in [6.45, 7) is 1.98. The minimum Gasteiger partial charge on any atom is -0.347 e. The van der Waals surface area contributed by atoms with Crippen LogP contribution < -0.4 is 5.32 Å². The maximum absolute atomic E-state index is 11.5. The van der Waals surface area contributed by atoms with E-state index < -0.39 is 0 Å².